The predicted molar refractivity (Wildman–Crippen MR) is 68.4 cm³/mol. The zero-order valence-corrected chi connectivity index (χ0v) is 9.84. The Balaban J connectivity index is 1.83. The van der Waals surface area contributed by atoms with Crippen LogP contribution in [-0.2, 0) is 0 Å². The molecule has 3 heteroatoms. The lowest BCUT2D eigenvalue weighted by molar-refractivity contribution is 0.276. The van der Waals surface area contributed by atoms with Crippen molar-refractivity contribution in [3.05, 3.63) is 36.2 Å². The molecule has 0 saturated heterocycles. The van der Waals surface area contributed by atoms with Crippen LogP contribution in [0.4, 0.5) is 0 Å². The first kappa shape index (κ1) is 10.7. The number of nitrogens with two attached hydrogens (primary N) is 1. The Hall–Kier alpha value is -1.48. The molecule has 1 fully saturated rings. The minimum absolute atomic E-state index is 0.0393. The van der Waals surface area contributed by atoms with Gasteiger partial charge >= 0.3 is 0 Å². The molecule has 1 aliphatic carbocycles. The Morgan fingerprint density at radius 1 is 1.24 bits per heavy atom. The summed E-state index contributed by atoms with van der Waals surface area (Å²) < 4.78 is 0. The van der Waals surface area contributed by atoms with Crippen LogP contribution >= 0.6 is 0 Å². The lowest BCUT2D eigenvalue weighted by Crippen LogP contribution is -2.21. The van der Waals surface area contributed by atoms with Crippen molar-refractivity contribution in [1.82, 2.24) is 9.97 Å². The van der Waals surface area contributed by atoms with Crippen molar-refractivity contribution in [2.75, 3.05) is 0 Å². The first-order chi connectivity index (χ1) is 8.33. The number of nitrogens with zero attached hydrogens (tertiary/aromatic N) is 2. The molecular formula is C14H17N3. The minimum Gasteiger partial charge on any atom is -0.323 e. The van der Waals surface area contributed by atoms with Gasteiger partial charge in [0.2, 0.25) is 0 Å². The SMILES string of the molecule is NC(CC1CCC1)c1cnc2ccccc2n1. The Kier molecular flexibility index (Phi) is 2.77. The third-order valence-electron chi connectivity index (χ3n) is 3.66. The van der Waals surface area contributed by atoms with Crippen molar-refractivity contribution in [2.24, 2.45) is 11.7 Å². The van der Waals surface area contributed by atoms with Crippen molar-refractivity contribution in [3.63, 3.8) is 0 Å². The summed E-state index contributed by atoms with van der Waals surface area (Å²) in [5.74, 6) is 0.804. The third-order valence-corrected chi connectivity index (χ3v) is 3.66. The summed E-state index contributed by atoms with van der Waals surface area (Å²) in [6.07, 6.45) is 6.89. The van der Waals surface area contributed by atoms with E-state index in [-0.39, 0.29) is 6.04 Å². The summed E-state index contributed by atoms with van der Waals surface area (Å²) in [5.41, 5.74) is 9.00. The molecule has 1 unspecified atom stereocenters. The molecule has 0 amide bonds. The first-order valence-corrected chi connectivity index (χ1v) is 6.30. The molecule has 0 radical (unpaired) electrons. The molecule has 1 aromatic heterocycles. The highest BCUT2D eigenvalue weighted by Crippen LogP contribution is 2.33. The van der Waals surface area contributed by atoms with Gasteiger partial charge in [-0.25, -0.2) is 4.98 Å². The number of hydrogen-bond donors (Lipinski definition) is 1. The van der Waals surface area contributed by atoms with Gasteiger partial charge in [0.25, 0.3) is 0 Å². The topological polar surface area (TPSA) is 51.8 Å². The van der Waals surface area contributed by atoms with E-state index in [0.29, 0.717) is 0 Å². The van der Waals surface area contributed by atoms with Gasteiger partial charge in [-0.15, -0.1) is 0 Å². The smallest absolute Gasteiger partial charge is 0.0890 e. The second kappa shape index (κ2) is 4.41. The molecule has 3 rings (SSSR count). The second-order valence-corrected chi connectivity index (χ2v) is 4.92. The summed E-state index contributed by atoms with van der Waals surface area (Å²) in [7, 11) is 0. The highest BCUT2D eigenvalue weighted by molar-refractivity contribution is 5.73. The van der Waals surface area contributed by atoms with Gasteiger partial charge in [0, 0.05) is 6.04 Å². The van der Waals surface area contributed by atoms with Gasteiger partial charge in [0.05, 0.1) is 22.9 Å². The quantitative estimate of drug-likeness (QED) is 0.877. The Bertz CT molecular complexity index is 520. The fourth-order valence-corrected chi connectivity index (χ4v) is 2.36. The van der Waals surface area contributed by atoms with Crippen LogP contribution < -0.4 is 5.73 Å². The lowest BCUT2D eigenvalue weighted by Gasteiger charge is -2.27. The van der Waals surface area contributed by atoms with E-state index in [1.165, 1.54) is 19.3 Å². The molecule has 1 aliphatic rings. The summed E-state index contributed by atoms with van der Waals surface area (Å²) in [6, 6.07) is 7.96. The normalized spacial score (nSPS) is 17.9. The van der Waals surface area contributed by atoms with Crippen molar-refractivity contribution < 1.29 is 0 Å². The average Bonchev–Trinajstić information content (AvgIpc) is 2.33. The number of benzene rings is 1. The van der Waals surface area contributed by atoms with Crippen molar-refractivity contribution in [3.8, 4) is 0 Å². The van der Waals surface area contributed by atoms with Crippen molar-refractivity contribution in [2.45, 2.75) is 31.7 Å². The summed E-state index contributed by atoms with van der Waals surface area (Å²) >= 11 is 0. The van der Waals surface area contributed by atoms with Crippen molar-refractivity contribution >= 4 is 11.0 Å². The number of aromatic nitrogens is 2. The van der Waals surface area contributed by atoms with E-state index in [2.05, 4.69) is 9.97 Å². The van der Waals surface area contributed by atoms with Gasteiger partial charge in [0.15, 0.2) is 0 Å². The van der Waals surface area contributed by atoms with Gasteiger partial charge in [0.1, 0.15) is 0 Å². The van der Waals surface area contributed by atoms with Crippen LogP contribution in [-0.4, -0.2) is 9.97 Å². The second-order valence-electron chi connectivity index (χ2n) is 4.92. The molecule has 0 aliphatic heterocycles. The molecule has 2 aromatic rings. The average molecular weight is 227 g/mol. The monoisotopic (exact) mass is 227 g/mol. The maximum Gasteiger partial charge on any atom is 0.0890 e. The van der Waals surface area contributed by atoms with E-state index in [1.807, 2.05) is 30.5 Å². The highest BCUT2D eigenvalue weighted by Gasteiger charge is 2.21. The van der Waals surface area contributed by atoms with E-state index in [1.54, 1.807) is 0 Å². The van der Waals surface area contributed by atoms with E-state index < -0.39 is 0 Å². The van der Waals surface area contributed by atoms with Crippen LogP contribution in [0.1, 0.15) is 37.4 Å². The fraction of sp³-hybridized carbons (Fsp3) is 0.429. The van der Waals surface area contributed by atoms with E-state index in [4.69, 9.17) is 5.73 Å². The molecule has 17 heavy (non-hydrogen) atoms. The molecule has 1 saturated carbocycles. The van der Waals surface area contributed by atoms with Crippen LogP contribution in [0.5, 0.6) is 0 Å². The molecule has 0 bridgehead atoms. The Morgan fingerprint density at radius 3 is 2.71 bits per heavy atom. The molecule has 1 atom stereocenters. The Labute approximate surface area is 101 Å². The zero-order valence-electron chi connectivity index (χ0n) is 9.84. The molecule has 0 spiro atoms. The predicted octanol–water partition coefficient (Wildman–Crippen LogP) is 2.82. The first-order valence-electron chi connectivity index (χ1n) is 6.30. The van der Waals surface area contributed by atoms with Crippen LogP contribution in [0.15, 0.2) is 30.5 Å². The number of hydrogen-bond acceptors (Lipinski definition) is 3. The molecule has 88 valence electrons. The number of para-hydroxylation sites is 2. The molecule has 3 nitrogen and oxygen atoms in total. The number of fused-ring (bicyclic) bond motifs is 1. The van der Waals surface area contributed by atoms with Crippen LogP contribution in [0, 0.1) is 5.92 Å². The zero-order chi connectivity index (χ0) is 11.7. The van der Waals surface area contributed by atoms with Gasteiger partial charge < -0.3 is 5.73 Å². The maximum absolute atomic E-state index is 6.19. The summed E-state index contributed by atoms with van der Waals surface area (Å²) in [5, 5.41) is 0. The fourth-order valence-electron chi connectivity index (χ4n) is 2.36. The third kappa shape index (κ3) is 2.15. The van der Waals surface area contributed by atoms with E-state index in [0.717, 1.165) is 29.1 Å². The van der Waals surface area contributed by atoms with Crippen molar-refractivity contribution in [1.29, 1.82) is 0 Å². The van der Waals surface area contributed by atoms with E-state index >= 15 is 0 Å². The van der Waals surface area contributed by atoms with Gasteiger partial charge in [-0.05, 0) is 24.5 Å². The lowest BCUT2D eigenvalue weighted by atomic mass is 9.80. The highest BCUT2D eigenvalue weighted by atomic mass is 14.8. The minimum atomic E-state index is 0.0393. The molecular weight excluding hydrogens is 210 g/mol. The molecule has 1 heterocycles. The van der Waals surface area contributed by atoms with Crippen LogP contribution in [0.3, 0.4) is 0 Å². The maximum atomic E-state index is 6.19. The van der Waals surface area contributed by atoms with Gasteiger partial charge in [-0.3, -0.25) is 4.98 Å². The van der Waals surface area contributed by atoms with Gasteiger partial charge in [-0.1, -0.05) is 31.4 Å². The van der Waals surface area contributed by atoms with Crippen LogP contribution in [0.2, 0.25) is 0 Å². The Morgan fingerprint density at radius 2 is 2.00 bits per heavy atom. The molecule has 1 aromatic carbocycles. The molecule has 2 N–H and O–H groups in total. The standard InChI is InChI=1S/C14H17N3/c15-11(8-10-4-3-5-10)14-9-16-12-6-1-2-7-13(12)17-14/h1-2,6-7,9-11H,3-5,8,15H2. The summed E-state index contributed by atoms with van der Waals surface area (Å²) in [6.45, 7) is 0. The number of rotatable bonds is 3. The summed E-state index contributed by atoms with van der Waals surface area (Å²) in [4.78, 5) is 9.01. The van der Waals surface area contributed by atoms with Gasteiger partial charge in [-0.2, -0.15) is 0 Å². The largest absolute Gasteiger partial charge is 0.323 e. The van der Waals surface area contributed by atoms with Crippen LogP contribution in [0.25, 0.3) is 11.0 Å². The van der Waals surface area contributed by atoms with E-state index in [9.17, 15) is 0 Å².